The van der Waals surface area contributed by atoms with Gasteiger partial charge < -0.3 is 10.1 Å². The Bertz CT molecular complexity index is 1380. The lowest BCUT2D eigenvalue weighted by molar-refractivity contribution is 0.0936. The minimum absolute atomic E-state index is 0.0129. The van der Waals surface area contributed by atoms with Gasteiger partial charge in [0.2, 0.25) is 0 Å². The van der Waals surface area contributed by atoms with E-state index in [4.69, 9.17) is 9.72 Å². The molecule has 0 radical (unpaired) electrons. The smallest absolute Gasteiger partial charge is 0.252 e. The topological polar surface area (TPSA) is 67.3 Å². The summed E-state index contributed by atoms with van der Waals surface area (Å²) in [6.45, 7) is 5.66. The number of benzene rings is 2. The van der Waals surface area contributed by atoms with E-state index in [1.807, 2.05) is 73.8 Å². The summed E-state index contributed by atoms with van der Waals surface area (Å²) in [5, 5.41) is 4.25. The molecule has 3 atom stereocenters. The Morgan fingerprint density at radius 1 is 1.00 bits per heavy atom. The lowest BCUT2D eigenvalue weighted by Gasteiger charge is -2.20. The number of nitrogens with one attached hydrogen (secondary N) is 1. The molecule has 1 N–H and O–H groups in total. The molecule has 4 aromatic rings. The Hall–Kier alpha value is -3.77. The number of likely N-dealkylation sites (tertiary alicyclic amines) is 1. The van der Waals surface area contributed by atoms with Crippen LogP contribution in [0.5, 0.6) is 5.75 Å². The summed E-state index contributed by atoms with van der Waals surface area (Å²) in [6.07, 6.45) is 3.93. The van der Waals surface area contributed by atoms with Crippen LogP contribution >= 0.6 is 0 Å². The van der Waals surface area contributed by atoms with Crippen molar-refractivity contribution in [1.82, 2.24) is 20.2 Å². The van der Waals surface area contributed by atoms with Crippen LogP contribution in [0.15, 0.2) is 79.0 Å². The van der Waals surface area contributed by atoms with Gasteiger partial charge in [0.05, 0.1) is 29.1 Å². The second kappa shape index (κ2) is 10.3. The summed E-state index contributed by atoms with van der Waals surface area (Å²) in [7, 11) is 0. The lowest BCUT2D eigenvalue weighted by Crippen LogP contribution is -2.35. The Morgan fingerprint density at radius 2 is 1.76 bits per heavy atom. The molecular weight excluding hydrogens is 460 g/mol. The molecule has 2 aliphatic rings. The third-order valence-electron chi connectivity index (χ3n) is 7.70. The monoisotopic (exact) mass is 492 g/mol. The van der Waals surface area contributed by atoms with Crippen LogP contribution in [0.4, 0.5) is 0 Å². The average Bonchev–Trinajstić information content (AvgIpc) is 3.47. The predicted molar refractivity (Wildman–Crippen MR) is 145 cm³/mol. The first kappa shape index (κ1) is 23.6. The third kappa shape index (κ3) is 5.07. The highest BCUT2D eigenvalue weighted by Gasteiger charge is 2.41. The van der Waals surface area contributed by atoms with Crippen LogP contribution in [0.25, 0.3) is 22.2 Å². The summed E-state index contributed by atoms with van der Waals surface area (Å²) in [4.78, 5) is 25.4. The zero-order chi connectivity index (χ0) is 25.2. The molecule has 6 rings (SSSR count). The summed E-state index contributed by atoms with van der Waals surface area (Å²) in [5.41, 5.74) is 4.39. The molecule has 3 heterocycles. The second-order valence-electron chi connectivity index (χ2n) is 10.2. The minimum Gasteiger partial charge on any atom is -0.494 e. The van der Waals surface area contributed by atoms with Gasteiger partial charge in [0.15, 0.2) is 0 Å². The Morgan fingerprint density at radius 3 is 2.49 bits per heavy atom. The lowest BCUT2D eigenvalue weighted by atomic mass is 10.0. The maximum atomic E-state index is 13.6. The van der Waals surface area contributed by atoms with Crippen molar-refractivity contribution in [3.8, 4) is 17.0 Å². The fraction of sp³-hybridized carbons (Fsp3) is 0.323. The van der Waals surface area contributed by atoms with Gasteiger partial charge in [0.25, 0.3) is 5.91 Å². The molecule has 1 unspecified atom stereocenters. The summed E-state index contributed by atoms with van der Waals surface area (Å²) < 4.78 is 5.58. The highest BCUT2D eigenvalue weighted by atomic mass is 16.5. The van der Waals surface area contributed by atoms with Crippen molar-refractivity contribution in [1.29, 1.82) is 0 Å². The van der Waals surface area contributed by atoms with Crippen LogP contribution in [0.1, 0.15) is 35.8 Å². The standard InChI is InChI=1S/C31H32N4O2/c1-2-37-26-12-10-21(11-13-26)30-17-28(27-8-3-4-9-29(27)34-30)31(36)33-25-15-22-18-35(19-23(22)16-25)20-24-7-5-6-14-32-24/h3-14,17,22-23,25H,2,15-16,18-20H2,1H3,(H,33,36)/t22-,23+,25?. The molecular formula is C31H32N4O2. The zero-order valence-corrected chi connectivity index (χ0v) is 21.1. The minimum atomic E-state index is -0.0129. The average molecular weight is 493 g/mol. The molecule has 37 heavy (non-hydrogen) atoms. The first-order valence-electron chi connectivity index (χ1n) is 13.2. The van der Waals surface area contributed by atoms with E-state index >= 15 is 0 Å². The van der Waals surface area contributed by atoms with Crippen LogP contribution in [-0.2, 0) is 6.54 Å². The van der Waals surface area contributed by atoms with Gasteiger partial charge in [-0.05, 0) is 80.1 Å². The van der Waals surface area contributed by atoms with Crippen molar-refractivity contribution >= 4 is 16.8 Å². The Labute approximate surface area is 217 Å². The molecule has 188 valence electrons. The van der Waals surface area contributed by atoms with E-state index in [0.29, 0.717) is 24.0 Å². The summed E-state index contributed by atoms with van der Waals surface area (Å²) in [5.74, 6) is 2.07. The largest absolute Gasteiger partial charge is 0.494 e. The number of nitrogens with zero attached hydrogens (tertiary/aromatic N) is 3. The molecule has 2 fully saturated rings. The number of carbonyl (C=O) groups is 1. The number of amides is 1. The van der Waals surface area contributed by atoms with E-state index in [0.717, 1.165) is 66.1 Å². The number of pyridine rings is 2. The molecule has 2 aromatic heterocycles. The van der Waals surface area contributed by atoms with Crippen molar-refractivity contribution in [3.63, 3.8) is 0 Å². The van der Waals surface area contributed by atoms with Crippen LogP contribution in [0.3, 0.4) is 0 Å². The molecule has 1 aliphatic carbocycles. The van der Waals surface area contributed by atoms with Crippen LogP contribution in [0.2, 0.25) is 0 Å². The van der Waals surface area contributed by atoms with Gasteiger partial charge in [-0.15, -0.1) is 0 Å². The van der Waals surface area contributed by atoms with E-state index in [2.05, 4.69) is 27.3 Å². The number of aromatic nitrogens is 2. The van der Waals surface area contributed by atoms with Crippen molar-refractivity contribution in [2.75, 3.05) is 19.7 Å². The van der Waals surface area contributed by atoms with Gasteiger partial charge in [-0.25, -0.2) is 4.98 Å². The molecule has 1 amide bonds. The predicted octanol–water partition coefficient (Wildman–Crippen LogP) is 5.34. The van der Waals surface area contributed by atoms with Gasteiger partial charge in [0.1, 0.15) is 5.75 Å². The van der Waals surface area contributed by atoms with Crippen LogP contribution in [-0.4, -0.2) is 46.5 Å². The van der Waals surface area contributed by atoms with Crippen molar-refractivity contribution in [2.24, 2.45) is 11.8 Å². The SMILES string of the molecule is CCOc1ccc(-c2cc(C(=O)NC3C[C@@H]4CN(Cc5ccccn5)C[C@@H]4C3)c3ccccc3n2)cc1. The van der Waals surface area contributed by atoms with Crippen LogP contribution < -0.4 is 10.1 Å². The number of hydrogen-bond acceptors (Lipinski definition) is 5. The Kier molecular flexibility index (Phi) is 6.58. The molecule has 1 saturated heterocycles. The second-order valence-corrected chi connectivity index (χ2v) is 10.2. The highest BCUT2D eigenvalue weighted by molar-refractivity contribution is 6.07. The number of ether oxygens (including phenoxy) is 1. The van der Waals surface area contributed by atoms with Gasteiger partial charge >= 0.3 is 0 Å². The number of para-hydroxylation sites is 1. The van der Waals surface area contributed by atoms with E-state index < -0.39 is 0 Å². The van der Waals surface area contributed by atoms with E-state index in [1.165, 1.54) is 0 Å². The molecule has 0 bridgehead atoms. The quantitative estimate of drug-likeness (QED) is 0.377. The van der Waals surface area contributed by atoms with Gasteiger partial charge in [-0.1, -0.05) is 24.3 Å². The van der Waals surface area contributed by atoms with E-state index in [9.17, 15) is 4.79 Å². The van der Waals surface area contributed by atoms with Gasteiger partial charge in [-0.3, -0.25) is 14.7 Å². The van der Waals surface area contributed by atoms with Crippen molar-refractivity contribution < 1.29 is 9.53 Å². The Balaban J connectivity index is 1.16. The summed E-state index contributed by atoms with van der Waals surface area (Å²) >= 11 is 0. The maximum Gasteiger partial charge on any atom is 0.252 e. The highest BCUT2D eigenvalue weighted by Crippen LogP contribution is 2.39. The van der Waals surface area contributed by atoms with Crippen molar-refractivity contribution in [3.05, 3.63) is 90.3 Å². The van der Waals surface area contributed by atoms with Crippen molar-refractivity contribution in [2.45, 2.75) is 32.4 Å². The van der Waals surface area contributed by atoms with Crippen LogP contribution in [0, 0.1) is 11.8 Å². The van der Waals surface area contributed by atoms with Gasteiger partial charge in [0, 0.05) is 42.8 Å². The molecule has 0 spiro atoms. The number of carbonyl (C=O) groups excluding carboxylic acids is 1. The molecule has 6 heteroatoms. The molecule has 1 saturated carbocycles. The summed E-state index contributed by atoms with van der Waals surface area (Å²) in [6, 6.07) is 24.0. The number of hydrogen-bond donors (Lipinski definition) is 1. The molecule has 2 aromatic carbocycles. The first-order valence-corrected chi connectivity index (χ1v) is 13.2. The molecule has 6 nitrogen and oxygen atoms in total. The zero-order valence-electron chi connectivity index (χ0n) is 21.1. The maximum absolute atomic E-state index is 13.6. The molecule has 1 aliphatic heterocycles. The first-order chi connectivity index (χ1) is 18.2. The van der Waals surface area contributed by atoms with Gasteiger partial charge in [-0.2, -0.15) is 0 Å². The normalized spacial score (nSPS) is 21.2. The van der Waals surface area contributed by atoms with E-state index in [1.54, 1.807) is 0 Å². The fourth-order valence-corrected chi connectivity index (χ4v) is 6.03. The number of rotatable bonds is 7. The number of fused-ring (bicyclic) bond motifs is 2. The fourth-order valence-electron chi connectivity index (χ4n) is 6.03. The third-order valence-corrected chi connectivity index (χ3v) is 7.70. The van der Waals surface area contributed by atoms with E-state index in [-0.39, 0.29) is 11.9 Å².